The predicted octanol–water partition coefficient (Wildman–Crippen LogP) is 2.93. The third-order valence-electron chi connectivity index (χ3n) is 5.58. The van der Waals surface area contributed by atoms with E-state index in [1.165, 1.54) is 31.4 Å². The second kappa shape index (κ2) is 10.1. The summed E-state index contributed by atoms with van der Waals surface area (Å²) in [6.45, 7) is -0.0479. The van der Waals surface area contributed by atoms with Crippen LogP contribution >= 0.6 is 0 Å². The smallest absolute Gasteiger partial charge is 0.417 e. The maximum Gasteiger partial charge on any atom is 0.417 e. The van der Waals surface area contributed by atoms with Gasteiger partial charge in [-0.15, -0.1) is 0 Å². The van der Waals surface area contributed by atoms with Crippen molar-refractivity contribution in [2.75, 3.05) is 12.4 Å². The Morgan fingerprint density at radius 2 is 1.66 bits per heavy atom. The van der Waals surface area contributed by atoms with E-state index in [-0.39, 0.29) is 29.3 Å². The fourth-order valence-corrected chi connectivity index (χ4v) is 5.43. The van der Waals surface area contributed by atoms with Gasteiger partial charge in [-0.3, -0.25) is 15.3 Å². The van der Waals surface area contributed by atoms with Crippen molar-refractivity contribution >= 4 is 27.7 Å². The molecule has 4 rings (SSSR count). The summed E-state index contributed by atoms with van der Waals surface area (Å²) in [5.74, 6) is 0.0431. The number of hydrogen-bond donors (Lipinski definition) is 3. The molecular weight excluding hydrogens is 474 g/mol. The van der Waals surface area contributed by atoms with Crippen LogP contribution in [0.2, 0.25) is 0 Å². The number of nitrogens with one attached hydrogen (secondary N) is 2. The predicted molar refractivity (Wildman–Crippen MR) is 126 cm³/mol. The Morgan fingerprint density at radius 3 is 2.34 bits per heavy atom. The molecule has 10 nitrogen and oxygen atoms in total. The Bertz CT molecular complexity index is 1340. The molecule has 0 unspecified atom stereocenters. The minimum absolute atomic E-state index is 0.0479. The number of nitrogens with zero attached hydrogens (tertiary/aromatic N) is 1. The fourth-order valence-electron chi connectivity index (χ4n) is 3.81. The topological polar surface area (TPSA) is 134 Å². The number of anilines is 1. The quantitative estimate of drug-likeness (QED) is 0.352. The average Bonchev–Trinajstić information content (AvgIpc) is 2.88. The molecule has 3 aromatic rings. The SMILES string of the molecule is COc1ccc(OC(=O)Nc2cccc(S(=O)(=O)N3Cc4ccccc4C[C@@H]3C(=O)NO)c2)cc1. The summed E-state index contributed by atoms with van der Waals surface area (Å²) < 4.78 is 38.4. The molecule has 2 amide bonds. The molecule has 1 aliphatic rings. The zero-order chi connectivity index (χ0) is 25.0. The molecule has 11 heteroatoms. The van der Waals surface area contributed by atoms with Gasteiger partial charge in [-0.1, -0.05) is 30.3 Å². The normalized spacial score (nSPS) is 15.5. The number of sulfonamides is 1. The number of carbonyl (C=O) groups excluding carboxylic acids is 2. The third-order valence-corrected chi connectivity index (χ3v) is 7.43. The first-order chi connectivity index (χ1) is 16.8. The first-order valence-corrected chi connectivity index (χ1v) is 12.0. The van der Waals surface area contributed by atoms with E-state index in [1.807, 2.05) is 6.07 Å². The summed E-state index contributed by atoms with van der Waals surface area (Å²) in [5.41, 5.74) is 3.33. The van der Waals surface area contributed by atoms with Crippen molar-refractivity contribution in [2.45, 2.75) is 23.9 Å². The molecule has 0 radical (unpaired) electrons. The fraction of sp³-hybridized carbons (Fsp3) is 0.167. The van der Waals surface area contributed by atoms with Gasteiger partial charge < -0.3 is 9.47 Å². The molecule has 3 aromatic carbocycles. The first-order valence-electron chi connectivity index (χ1n) is 10.6. The number of benzene rings is 3. The van der Waals surface area contributed by atoms with Crippen molar-refractivity contribution in [3.63, 3.8) is 0 Å². The van der Waals surface area contributed by atoms with Crippen LogP contribution < -0.4 is 20.3 Å². The zero-order valence-corrected chi connectivity index (χ0v) is 19.5. The van der Waals surface area contributed by atoms with E-state index in [9.17, 15) is 23.2 Å². The van der Waals surface area contributed by atoms with Crippen molar-refractivity contribution in [1.82, 2.24) is 9.79 Å². The molecule has 0 aromatic heterocycles. The molecule has 0 aliphatic carbocycles. The maximum absolute atomic E-state index is 13.5. The lowest BCUT2D eigenvalue weighted by molar-refractivity contribution is -0.133. The second-order valence-electron chi connectivity index (χ2n) is 7.73. The Balaban J connectivity index is 1.56. The molecule has 1 atom stereocenters. The molecule has 3 N–H and O–H groups in total. The van der Waals surface area contributed by atoms with Crippen LogP contribution in [0.1, 0.15) is 11.1 Å². The lowest BCUT2D eigenvalue weighted by atomic mass is 9.95. The van der Waals surface area contributed by atoms with Crippen LogP contribution in [0.5, 0.6) is 11.5 Å². The standard InChI is InChI=1S/C24H23N3O7S/c1-33-19-9-11-20(12-10-19)34-24(29)25-18-7-4-8-21(14-18)35(31,32)27-15-17-6-3-2-5-16(17)13-22(27)23(28)26-30/h2-12,14,22,30H,13,15H2,1H3,(H,25,29)(H,26,28)/t22-/m1/s1. The van der Waals surface area contributed by atoms with E-state index < -0.39 is 28.1 Å². The van der Waals surface area contributed by atoms with Gasteiger partial charge in [-0.25, -0.2) is 18.7 Å². The second-order valence-corrected chi connectivity index (χ2v) is 9.62. The largest absolute Gasteiger partial charge is 0.497 e. The average molecular weight is 498 g/mol. The van der Waals surface area contributed by atoms with Gasteiger partial charge >= 0.3 is 6.09 Å². The highest BCUT2D eigenvalue weighted by molar-refractivity contribution is 7.89. The van der Waals surface area contributed by atoms with Crippen LogP contribution in [0.25, 0.3) is 0 Å². The molecular formula is C24H23N3O7S. The number of methoxy groups -OCH3 is 1. The van der Waals surface area contributed by atoms with Gasteiger partial charge in [0.25, 0.3) is 5.91 Å². The van der Waals surface area contributed by atoms with Crippen LogP contribution in [0.4, 0.5) is 10.5 Å². The van der Waals surface area contributed by atoms with Gasteiger partial charge in [0.2, 0.25) is 10.0 Å². The molecule has 0 bridgehead atoms. The highest BCUT2D eigenvalue weighted by Crippen LogP contribution is 2.30. The number of rotatable bonds is 6. The van der Waals surface area contributed by atoms with Crippen molar-refractivity contribution in [3.8, 4) is 11.5 Å². The van der Waals surface area contributed by atoms with E-state index in [2.05, 4.69) is 5.32 Å². The van der Waals surface area contributed by atoms with Crippen LogP contribution in [0.15, 0.2) is 77.7 Å². The van der Waals surface area contributed by atoms with Crippen molar-refractivity contribution in [2.24, 2.45) is 0 Å². The van der Waals surface area contributed by atoms with E-state index >= 15 is 0 Å². The number of ether oxygens (including phenoxy) is 2. The zero-order valence-electron chi connectivity index (χ0n) is 18.7. The minimum atomic E-state index is -4.18. The van der Waals surface area contributed by atoms with Gasteiger partial charge in [-0.05, 0) is 60.0 Å². The Hall–Kier alpha value is -3.93. The molecule has 182 valence electrons. The molecule has 0 fully saturated rings. The molecule has 1 heterocycles. The Kier molecular flexibility index (Phi) is 7.01. The first kappa shape index (κ1) is 24.2. The summed E-state index contributed by atoms with van der Waals surface area (Å²) >= 11 is 0. The van der Waals surface area contributed by atoms with E-state index in [1.54, 1.807) is 47.9 Å². The lowest BCUT2D eigenvalue weighted by Crippen LogP contribution is -2.51. The number of hydroxylamine groups is 1. The van der Waals surface area contributed by atoms with E-state index in [0.717, 1.165) is 15.4 Å². The summed E-state index contributed by atoms with van der Waals surface area (Å²) in [5, 5.41) is 11.7. The number of fused-ring (bicyclic) bond motifs is 1. The van der Waals surface area contributed by atoms with Crippen LogP contribution in [-0.4, -0.2) is 43.1 Å². The van der Waals surface area contributed by atoms with Gasteiger partial charge in [-0.2, -0.15) is 4.31 Å². The number of hydrogen-bond acceptors (Lipinski definition) is 7. The summed E-state index contributed by atoms with van der Waals surface area (Å²) in [6, 6.07) is 18.0. The Labute approximate surface area is 202 Å². The maximum atomic E-state index is 13.5. The van der Waals surface area contributed by atoms with Gasteiger partial charge in [0, 0.05) is 12.2 Å². The highest BCUT2D eigenvalue weighted by Gasteiger charge is 2.39. The summed E-state index contributed by atoms with van der Waals surface area (Å²) in [7, 11) is -2.66. The third kappa shape index (κ3) is 5.27. The van der Waals surface area contributed by atoms with Gasteiger partial charge in [0.15, 0.2) is 0 Å². The van der Waals surface area contributed by atoms with Crippen LogP contribution in [-0.2, 0) is 27.8 Å². The summed E-state index contributed by atoms with van der Waals surface area (Å²) in [6.07, 6.45) is -0.706. The molecule has 35 heavy (non-hydrogen) atoms. The van der Waals surface area contributed by atoms with Crippen LogP contribution in [0.3, 0.4) is 0 Å². The minimum Gasteiger partial charge on any atom is -0.497 e. The molecule has 0 saturated heterocycles. The molecule has 0 saturated carbocycles. The lowest BCUT2D eigenvalue weighted by Gasteiger charge is -2.34. The summed E-state index contributed by atoms with van der Waals surface area (Å²) in [4.78, 5) is 24.5. The van der Waals surface area contributed by atoms with Gasteiger partial charge in [0.1, 0.15) is 17.5 Å². The van der Waals surface area contributed by atoms with Crippen LogP contribution in [0, 0.1) is 0 Å². The van der Waals surface area contributed by atoms with E-state index in [4.69, 9.17) is 9.47 Å². The monoisotopic (exact) mass is 497 g/mol. The Morgan fingerprint density at radius 1 is 0.971 bits per heavy atom. The highest BCUT2D eigenvalue weighted by atomic mass is 32.2. The van der Waals surface area contributed by atoms with Crippen molar-refractivity contribution in [1.29, 1.82) is 0 Å². The van der Waals surface area contributed by atoms with Crippen molar-refractivity contribution < 1.29 is 32.7 Å². The van der Waals surface area contributed by atoms with E-state index in [0.29, 0.717) is 5.75 Å². The molecule has 1 aliphatic heterocycles. The number of amides is 2. The van der Waals surface area contributed by atoms with Gasteiger partial charge in [0.05, 0.1) is 12.0 Å². The molecule has 0 spiro atoms. The van der Waals surface area contributed by atoms with Crippen molar-refractivity contribution in [3.05, 3.63) is 83.9 Å². The number of carbonyl (C=O) groups is 2.